The van der Waals surface area contributed by atoms with Gasteiger partial charge in [0.25, 0.3) is 5.91 Å². The monoisotopic (exact) mass is 327 g/mol. The number of benzene rings is 1. The highest BCUT2D eigenvalue weighted by Gasteiger charge is 2.24. The van der Waals surface area contributed by atoms with Gasteiger partial charge in [-0.2, -0.15) is 0 Å². The van der Waals surface area contributed by atoms with Crippen LogP contribution in [0.4, 0.5) is 5.69 Å². The Labute approximate surface area is 135 Å². The first-order valence-corrected chi connectivity index (χ1v) is 7.87. The Kier molecular flexibility index (Phi) is 2.99. The van der Waals surface area contributed by atoms with Crippen LogP contribution in [0.2, 0.25) is 0 Å². The van der Waals surface area contributed by atoms with E-state index in [1.807, 2.05) is 29.5 Å². The molecule has 0 spiro atoms. The van der Waals surface area contributed by atoms with Gasteiger partial charge in [0, 0.05) is 17.5 Å². The van der Waals surface area contributed by atoms with E-state index in [1.165, 1.54) is 11.3 Å². The van der Waals surface area contributed by atoms with Gasteiger partial charge in [0.05, 0.1) is 17.6 Å². The van der Waals surface area contributed by atoms with Crippen LogP contribution in [0.3, 0.4) is 0 Å². The number of fused-ring (bicyclic) bond motifs is 2. The third-order valence-electron chi connectivity index (χ3n) is 4.00. The third-order valence-corrected chi connectivity index (χ3v) is 4.97. The third kappa shape index (κ3) is 1.97. The van der Waals surface area contributed by atoms with E-state index in [1.54, 1.807) is 18.1 Å². The van der Waals surface area contributed by atoms with Gasteiger partial charge in [-0.25, -0.2) is 4.98 Å². The number of hydrogen-bond donors (Lipinski definition) is 0. The average Bonchev–Trinajstić information content (AvgIpc) is 3.08. The van der Waals surface area contributed by atoms with Crippen LogP contribution in [0.5, 0.6) is 5.75 Å². The number of aromatic nitrogens is 2. The van der Waals surface area contributed by atoms with Crippen molar-refractivity contribution in [3.8, 4) is 17.0 Å². The van der Waals surface area contributed by atoms with E-state index in [2.05, 4.69) is 4.98 Å². The number of aldehydes is 1. The Hall–Kier alpha value is -2.67. The molecule has 0 atom stereocenters. The smallest absolute Gasteiger partial charge is 0.264 e. The molecule has 6 nitrogen and oxygen atoms in total. The number of amides is 1. The van der Waals surface area contributed by atoms with Crippen LogP contribution >= 0.6 is 11.3 Å². The number of anilines is 1. The molecule has 1 aliphatic heterocycles. The fourth-order valence-corrected chi connectivity index (χ4v) is 3.79. The second-order valence-corrected chi connectivity index (χ2v) is 6.53. The molecule has 0 aliphatic carbocycles. The molecule has 0 N–H and O–H groups in total. The SMILES string of the molecule is Cc1sc2ncc(C=O)n2c1-c1ccc2c(c1)N(C)C(=O)CO2. The van der Waals surface area contributed by atoms with Crippen LogP contribution in [0.1, 0.15) is 15.4 Å². The Morgan fingerprint density at radius 2 is 2.22 bits per heavy atom. The predicted octanol–water partition coefficient (Wildman–Crippen LogP) is 2.54. The molecule has 23 heavy (non-hydrogen) atoms. The molecule has 2 aromatic heterocycles. The van der Waals surface area contributed by atoms with Gasteiger partial charge < -0.3 is 9.64 Å². The Balaban J connectivity index is 1.95. The van der Waals surface area contributed by atoms with Crippen molar-refractivity contribution < 1.29 is 14.3 Å². The summed E-state index contributed by atoms with van der Waals surface area (Å²) in [6.45, 7) is 2.05. The summed E-state index contributed by atoms with van der Waals surface area (Å²) in [6, 6.07) is 5.70. The predicted molar refractivity (Wildman–Crippen MR) is 87.5 cm³/mol. The summed E-state index contributed by atoms with van der Waals surface area (Å²) in [7, 11) is 1.73. The summed E-state index contributed by atoms with van der Waals surface area (Å²) in [5.41, 5.74) is 3.07. The number of imidazole rings is 1. The molecule has 0 saturated carbocycles. The van der Waals surface area contributed by atoms with E-state index in [0.29, 0.717) is 11.4 Å². The molecule has 7 heteroatoms. The number of thiazole rings is 1. The molecular weight excluding hydrogens is 314 g/mol. The zero-order chi connectivity index (χ0) is 16.1. The maximum absolute atomic E-state index is 11.8. The second kappa shape index (κ2) is 4.92. The lowest BCUT2D eigenvalue weighted by atomic mass is 10.1. The number of carbonyl (C=O) groups is 2. The fraction of sp³-hybridized carbons (Fsp3) is 0.188. The molecule has 1 amide bonds. The molecule has 0 bridgehead atoms. The van der Waals surface area contributed by atoms with Gasteiger partial charge >= 0.3 is 0 Å². The first kappa shape index (κ1) is 14.0. The molecule has 116 valence electrons. The van der Waals surface area contributed by atoms with E-state index < -0.39 is 0 Å². The minimum Gasteiger partial charge on any atom is -0.482 e. The number of likely N-dealkylation sites (N-methyl/N-ethyl adjacent to an activating group) is 1. The standard InChI is InChI=1S/C16H13N3O3S/c1-9-15(19-11(7-20)6-17-16(19)23-9)10-3-4-13-12(5-10)18(2)14(21)8-22-13/h3-7H,8H2,1-2H3. The molecule has 0 unspecified atom stereocenters. The molecule has 0 saturated heterocycles. The maximum atomic E-state index is 11.8. The van der Waals surface area contributed by atoms with Crippen molar-refractivity contribution in [2.75, 3.05) is 18.6 Å². The Morgan fingerprint density at radius 3 is 3.00 bits per heavy atom. The van der Waals surface area contributed by atoms with E-state index in [-0.39, 0.29) is 12.5 Å². The topological polar surface area (TPSA) is 63.9 Å². The van der Waals surface area contributed by atoms with Gasteiger partial charge in [-0.1, -0.05) is 0 Å². The minimum absolute atomic E-state index is 0.0569. The Bertz CT molecular complexity index is 957. The van der Waals surface area contributed by atoms with E-state index in [4.69, 9.17) is 4.74 Å². The number of nitrogens with zero attached hydrogens (tertiary/aromatic N) is 3. The lowest BCUT2D eigenvalue weighted by Crippen LogP contribution is -2.35. The lowest BCUT2D eigenvalue weighted by molar-refractivity contribution is -0.120. The van der Waals surface area contributed by atoms with Crippen molar-refractivity contribution in [1.82, 2.24) is 9.38 Å². The minimum atomic E-state index is -0.0851. The lowest BCUT2D eigenvalue weighted by Gasteiger charge is -2.26. The molecular formula is C16H13N3O3S. The van der Waals surface area contributed by atoms with Gasteiger partial charge in [0.1, 0.15) is 11.4 Å². The van der Waals surface area contributed by atoms with Crippen molar-refractivity contribution in [2.24, 2.45) is 0 Å². The summed E-state index contributed by atoms with van der Waals surface area (Å²) >= 11 is 1.53. The highest BCUT2D eigenvalue weighted by atomic mass is 32.1. The van der Waals surface area contributed by atoms with Crippen molar-refractivity contribution >= 4 is 34.2 Å². The number of carbonyl (C=O) groups excluding carboxylic acids is 2. The molecule has 3 heterocycles. The van der Waals surface area contributed by atoms with Crippen molar-refractivity contribution in [3.05, 3.63) is 35.0 Å². The fourth-order valence-electron chi connectivity index (χ4n) is 2.82. The first-order chi connectivity index (χ1) is 11.1. The molecule has 1 aromatic carbocycles. The maximum Gasteiger partial charge on any atom is 0.264 e. The summed E-state index contributed by atoms with van der Waals surface area (Å²) in [5, 5.41) is 0. The highest BCUT2D eigenvalue weighted by Crippen LogP contribution is 2.38. The van der Waals surface area contributed by atoms with Crippen LogP contribution in [-0.2, 0) is 4.79 Å². The van der Waals surface area contributed by atoms with Crippen LogP contribution in [-0.4, -0.2) is 35.2 Å². The molecule has 0 radical (unpaired) electrons. The number of ether oxygens (including phenoxy) is 1. The van der Waals surface area contributed by atoms with Crippen LogP contribution < -0.4 is 9.64 Å². The van der Waals surface area contributed by atoms with Crippen LogP contribution in [0.15, 0.2) is 24.4 Å². The normalized spacial score (nSPS) is 14.0. The molecule has 1 aliphatic rings. The molecule has 4 rings (SSSR count). The second-order valence-electron chi connectivity index (χ2n) is 5.35. The van der Waals surface area contributed by atoms with Gasteiger partial charge in [-0.15, -0.1) is 11.3 Å². The van der Waals surface area contributed by atoms with Crippen molar-refractivity contribution in [1.29, 1.82) is 0 Å². The number of aryl methyl sites for hydroxylation is 1. The summed E-state index contributed by atoms with van der Waals surface area (Å²) in [4.78, 5) is 30.8. The highest BCUT2D eigenvalue weighted by molar-refractivity contribution is 7.17. The van der Waals surface area contributed by atoms with Crippen molar-refractivity contribution in [2.45, 2.75) is 6.92 Å². The zero-order valence-electron chi connectivity index (χ0n) is 12.6. The van der Waals surface area contributed by atoms with Crippen LogP contribution in [0, 0.1) is 6.92 Å². The van der Waals surface area contributed by atoms with Crippen LogP contribution in [0.25, 0.3) is 16.2 Å². The van der Waals surface area contributed by atoms with Gasteiger partial charge in [-0.3, -0.25) is 14.0 Å². The largest absolute Gasteiger partial charge is 0.482 e. The van der Waals surface area contributed by atoms with E-state index >= 15 is 0 Å². The van der Waals surface area contributed by atoms with Gasteiger partial charge in [-0.05, 0) is 25.1 Å². The first-order valence-electron chi connectivity index (χ1n) is 7.06. The molecule has 3 aromatic rings. The number of rotatable bonds is 2. The van der Waals surface area contributed by atoms with E-state index in [9.17, 15) is 9.59 Å². The average molecular weight is 327 g/mol. The quantitative estimate of drug-likeness (QED) is 0.679. The summed E-state index contributed by atoms with van der Waals surface area (Å²) in [6.07, 6.45) is 2.37. The van der Waals surface area contributed by atoms with Gasteiger partial charge in [0.15, 0.2) is 17.9 Å². The summed E-state index contributed by atoms with van der Waals surface area (Å²) in [5.74, 6) is 0.597. The van der Waals surface area contributed by atoms with Crippen molar-refractivity contribution in [3.63, 3.8) is 0 Å². The van der Waals surface area contributed by atoms with E-state index in [0.717, 1.165) is 33.1 Å². The summed E-state index contributed by atoms with van der Waals surface area (Å²) < 4.78 is 7.31. The zero-order valence-corrected chi connectivity index (χ0v) is 13.4. The Morgan fingerprint density at radius 1 is 1.39 bits per heavy atom. The number of hydrogen-bond acceptors (Lipinski definition) is 5. The van der Waals surface area contributed by atoms with Gasteiger partial charge in [0.2, 0.25) is 0 Å². The molecule has 0 fully saturated rings.